The van der Waals surface area contributed by atoms with E-state index in [1.807, 2.05) is 18.4 Å². The molecule has 0 aliphatic carbocycles. The molecule has 2 rings (SSSR count). The van der Waals surface area contributed by atoms with Crippen LogP contribution in [0.4, 0.5) is 10.1 Å². The van der Waals surface area contributed by atoms with Crippen molar-refractivity contribution in [1.82, 2.24) is 0 Å². The van der Waals surface area contributed by atoms with Gasteiger partial charge in [0.1, 0.15) is 5.82 Å². The van der Waals surface area contributed by atoms with Crippen molar-refractivity contribution in [2.24, 2.45) is 0 Å². The zero-order valence-corrected chi connectivity index (χ0v) is 11.4. The quantitative estimate of drug-likeness (QED) is 0.884. The molecule has 0 radical (unpaired) electrons. The minimum Gasteiger partial charge on any atom is -0.320 e. The molecular formula is C12H9BrFNOS. The van der Waals surface area contributed by atoms with E-state index < -0.39 is 0 Å². The highest BCUT2D eigenvalue weighted by Gasteiger charge is 2.12. The molecule has 0 spiro atoms. The first-order valence-electron chi connectivity index (χ1n) is 4.88. The molecule has 1 amide bonds. The van der Waals surface area contributed by atoms with Crippen LogP contribution in [0.3, 0.4) is 0 Å². The molecule has 0 fully saturated rings. The summed E-state index contributed by atoms with van der Waals surface area (Å²) in [5.74, 6) is -0.521. The van der Waals surface area contributed by atoms with Crippen LogP contribution < -0.4 is 5.32 Å². The number of thiophene rings is 1. The Hall–Kier alpha value is -1.20. The second-order valence-electron chi connectivity index (χ2n) is 3.51. The van der Waals surface area contributed by atoms with Gasteiger partial charge in [-0.05, 0) is 58.1 Å². The molecule has 1 N–H and O–H groups in total. The number of benzene rings is 1. The summed E-state index contributed by atoms with van der Waals surface area (Å²) < 4.78 is 13.4. The van der Waals surface area contributed by atoms with Crippen LogP contribution in [0.2, 0.25) is 0 Å². The molecule has 0 atom stereocenters. The molecule has 0 unspecified atom stereocenters. The van der Waals surface area contributed by atoms with E-state index in [9.17, 15) is 9.18 Å². The number of rotatable bonds is 2. The van der Waals surface area contributed by atoms with E-state index >= 15 is 0 Å². The number of hydrogen-bond acceptors (Lipinski definition) is 2. The third kappa shape index (κ3) is 2.73. The minimum atomic E-state index is -0.345. The summed E-state index contributed by atoms with van der Waals surface area (Å²) in [6.07, 6.45) is 0. The van der Waals surface area contributed by atoms with Crippen LogP contribution in [0.1, 0.15) is 15.2 Å². The molecular weight excluding hydrogens is 305 g/mol. The van der Waals surface area contributed by atoms with Gasteiger partial charge >= 0.3 is 0 Å². The molecule has 0 bridgehead atoms. The molecule has 1 heterocycles. The molecule has 0 saturated carbocycles. The summed E-state index contributed by atoms with van der Waals surface area (Å²) in [6, 6.07) is 6.04. The van der Waals surface area contributed by atoms with Gasteiger partial charge in [-0.3, -0.25) is 4.79 Å². The summed E-state index contributed by atoms with van der Waals surface area (Å²) in [7, 11) is 0. The summed E-state index contributed by atoms with van der Waals surface area (Å²) in [5.41, 5.74) is 1.50. The lowest BCUT2D eigenvalue weighted by Crippen LogP contribution is -2.11. The van der Waals surface area contributed by atoms with Gasteiger partial charge in [-0.25, -0.2) is 4.39 Å². The number of carbonyl (C=O) groups is 1. The topological polar surface area (TPSA) is 29.1 Å². The number of nitrogens with one attached hydrogen (secondary N) is 1. The first-order valence-corrected chi connectivity index (χ1v) is 6.55. The number of hydrogen-bond donors (Lipinski definition) is 1. The van der Waals surface area contributed by atoms with E-state index in [1.165, 1.54) is 29.5 Å². The van der Waals surface area contributed by atoms with E-state index in [0.29, 0.717) is 15.0 Å². The smallest absolute Gasteiger partial charge is 0.266 e. The molecule has 0 saturated heterocycles. The van der Waals surface area contributed by atoms with Crippen molar-refractivity contribution in [3.8, 4) is 0 Å². The Morgan fingerprint density at radius 3 is 2.76 bits per heavy atom. The van der Waals surface area contributed by atoms with E-state index in [4.69, 9.17) is 0 Å². The molecule has 1 aromatic carbocycles. The molecule has 17 heavy (non-hydrogen) atoms. The Morgan fingerprint density at radius 2 is 2.18 bits per heavy atom. The van der Waals surface area contributed by atoms with Crippen LogP contribution >= 0.6 is 27.3 Å². The maximum atomic E-state index is 12.9. The van der Waals surface area contributed by atoms with Crippen LogP contribution in [0.25, 0.3) is 0 Å². The minimum absolute atomic E-state index is 0.176. The van der Waals surface area contributed by atoms with E-state index in [0.717, 1.165) is 5.56 Å². The van der Waals surface area contributed by atoms with E-state index in [-0.39, 0.29) is 11.7 Å². The van der Waals surface area contributed by atoms with Gasteiger partial charge in [0.05, 0.1) is 10.6 Å². The fourth-order valence-corrected chi connectivity index (χ4v) is 2.65. The first-order chi connectivity index (χ1) is 8.08. The summed E-state index contributed by atoms with van der Waals surface area (Å²) in [5, 5.41) is 4.60. The average molecular weight is 314 g/mol. The molecule has 5 heteroatoms. The van der Waals surface area contributed by atoms with Gasteiger partial charge in [0, 0.05) is 4.47 Å². The largest absolute Gasteiger partial charge is 0.320 e. The summed E-state index contributed by atoms with van der Waals surface area (Å²) in [6.45, 7) is 1.88. The van der Waals surface area contributed by atoms with Crippen molar-refractivity contribution >= 4 is 38.9 Å². The highest BCUT2D eigenvalue weighted by Crippen LogP contribution is 2.25. The standard InChI is InChI=1S/C12H9BrFNOS/c1-7-4-5-17-11(7)12(16)15-10-3-2-8(14)6-9(10)13/h2-6H,1H3,(H,15,16). The Labute approximate surface area is 111 Å². The van der Waals surface area contributed by atoms with Crippen LogP contribution in [-0.4, -0.2) is 5.91 Å². The molecule has 0 aliphatic heterocycles. The van der Waals surface area contributed by atoms with Gasteiger partial charge in [0.25, 0.3) is 5.91 Å². The predicted octanol–water partition coefficient (Wildman–Crippen LogP) is 4.21. The number of carbonyl (C=O) groups excluding carboxylic acids is 1. The number of anilines is 1. The van der Waals surface area contributed by atoms with Crippen LogP contribution in [0.5, 0.6) is 0 Å². The van der Waals surface area contributed by atoms with Crippen LogP contribution in [0.15, 0.2) is 34.1 Å². The van der Waals surface area contributed by atoms with Crippen LogP contribution in [-0.2, 0) is 0 Å². The van der Waals surface area contributed by atoms with Crippen molar-refractivity contribution in [2.45, 2.75) is 6.92 Å². The fraction of sp³-hybridized carbons (Fsp3) is 0.0833. The normalized spacial score (nSPS) is 10.3. The number of halogens is 2. The maximum absolute atomic E-state index is 12.9. The van der Waals surface area contributed by atoms with Gasteiger partial charge in [0.2, 0.25) is 0 Å². The SMILES string of the molecule is Cc1ccsc1C(=O)Nc1ccc(F)cc1Br. The molecule has 0 aliphatic rings. The van der Waals surface area contributed by atoms with Gasteiger partial charge in [-0.15, -0.1) is 11.3 Å². The second kappa shape index (κ2) is 4.98. The highest BCUT2D eigenvalue weighted by molar-refractivity contribution is 9.10. The Balaban J connectivity index is 2.22. The maximum Gasteiger partial charge on any atom is 0.266 e. The first kappa shape index (κ1) is 12.3. The molecule has 88 valence electrons. The van der Waals surface area contributed by atoms with Crippen LogP contribution in [0, 0.1) is 12.7 Å². The Kier molecular flexibility index (Phi) is 3.59. The van der Waals surface area contributed by atoms with Crippen molar-refractivity contribution in [3.05, 3.63) is 50.4 Å². The highest BCUT2D eigenvalue weighted by atomic mass is 79.9. The predicted molar refractivity (Wildman–Crippen MR) is 71.1 cm³/mol. The third-order valence-corrected chi connectivity index (χ3v) is 3.92. The van der Waals surface area contributed by atoms with Gasteiger partial charge in [0.15, 0.2) is 0 Å². The van der Waals surface area contributed by atoms with Gasteiger partial charge in [-0.2, -0.15) is 0 Å². The molecule has 2 aromatic rings. The van der Waals surface area contributed by atoms with Crippen molar-refractivity contribution in [2.75, 3.05) is 5.32 Å². The lowest BCUT2D eigenvalue weighted by Gasteiger charge is -2.06. The van der Waals surface area contributed by atoms with E-state index in [1.54, 1.807) is 0 Å². The average Bonchev–Trinajstić information content (AvgIpc) is 2.68. The fourth-order valence-electron chi connectivity index (χ4n) is 1.38. The van der Waals surface area contributed by atoms with Crippen molar-refractivity contribution in [3.63, 3.8) is 0 Å². The zero-order valence-electron chi connectivity index (χ0n) is 8.96. The summed E-state index contributed by atoms with van der Waals surface area (Å²) in [4.78, 5) is 12.6. The van der Waals surface area contributed by atoms with Gasteiger partial charge in [-0.1, -0.05) is 0 Å². The van der Waals surface area contributed by atoms with Crippen molar-refractivity contribution < 1.29 is 9.18 Å². The zero-order chi connectivity index (χ0) is 12.4. The number of amides is 1. The molecule has 2 nitrogen and oxygen atoms in total. The lowest BCUT2D eigenvalue weighted by molar-refractivity contribution is 0.103. The second-order valence-corrected chi connectivity index (χ2v) is 5.28. The Bertz CT molecular complexity index is 567. The monoisotopic (exact) mass is 313 g/mol. The lowest BCUT2D eigenvalue weighted by atomic mass is 10.2. The number of aryl methyl sites for hydroxylation is 1. The molecule has 1 aromatic heterocycles. The van der Waals surface area contributed by atoms with E-state index in [2.05, 4.69) is 21.2 Å². The Morgan fingerprint density at radius 1 is 1.41 bits per heavy atom. The third-order valence-electron chi connectivity index (χ3n) is 2.25. The van der Waals surface area contributed by atoms with Crippen molar-refractivity contribution in [1.29, 1.82) is 0 Å². The summed E-state index contributed by atoms with van der Waals surface area (Å²) >= 11 is 4.59. The van der Waals surface area contributed by atoms with Gasteiger partial charge < -0.3 is 5.32 Å².